The van der Waals surface area contributed by atoms with Crippen LogP contribution in [0.2, 0.25) is 0 Å². The highest BCUT2D eigenvalue weighted by Gasteiger charge is 2.04. The van der Waals surface area contributed by atoms with Gasteiger partial charge in [0.15, 0.2) is 0 Å². The van der Waals surface area contributed by atoms with Crippen LogP contribution in [0.3, 0.4) is 0 Å². The van der Waals surface area contributed by atoms with Crippen LogP contribution in [-0.2, 0) is 4.74 Å². The second-order valence-corrected chi connectivity index (χ2v) is 5.19. The highest BCUT2D eigenvalue weighted by Crippen LogP contribution is 2.11. The number of hydrogen-bond donors (Lipinski definition) is 0. The largest absolute Gasteiger partial charge is 0.368 e. The molecule has 0 saturated heterocycles. The smallest absolute Gasteiger partial charge is 0.352 e. The van der Waals surface area contributed by atoms with Crippen molar-refractivity contribution in [2.75, 3.05) is 0 Å². The van der Waals surface area contributed by atoms with Gasteiger partial charge in [-0.2, -0.15) is 0 Å². The van der Waals surface area contributed by atoms with Crippen LogP contribution in [0.4, 0.5) is 0 Å². The van der Waals surface area contributed by atoms with E-state index in [2.05, 4.69) is 17.0 Å². The average Bonchev–Trinajstić information content (AvgIpc) is 2.68. The molecule has 0 radical (unpaired) electrons. The van der Waals surface area contributed by atoms with Crippen LogP contribution in [0.25, 0.3) is 12.2 Å². The maximum absolute atomic E-state index is 11.9. The molecular weight excluding hydrogens is 310 g/mol. The number of hydrogen-bond acceptors (Lipinski definition) is 3. The summed E-state index contributed by atoms with van der Waals surface area (Å²) in [6.45, 7) is 0. The molecule has 1 heterocycles. The van der Waals surface area contributed by atoms with Crippen molar-refractivity contribution in [3.63, 3.8) is 0 Å². The molecule has 0 aliphatic heterocycles. The first-order chi connectivity index (χ1) is 12.3. The molecule has 3 aromatic rings. The minimum absolute atomic E-state index is 0.465. The monoisotopic (exact) mass is 325 g/mol. The van der Waals surface area contributed by atoms with E-state index in [0.29, 0.717) is 11.1 Å². The molecule has 2 aromatic carbocycles. The van der Waals surface area contributed by atoms with E-state index >= 15 is 0 Å². The van der Waals surface area contributed by atoms with Crippen LogP contribution in [0, 0.1) is 12.0 Å². The maximum Gasteiger partial charge on any atom is 0.352 e. The van der Waals surface area contributed by atoms with E-state index in [1.165, 1.54) is 0 Å². The summed E-state index contributed by atoms with van der Waals surface area (Å²) in [6.07, 6.45) is 9.77. The van der Waals surface area contributed by atoms with Gasteiger partial charge in [0.05, 0.1) is 11.1 Å². The fourth-order valence-corrected chi connectivity index (χ4v) is 2.17. The van der Waals surface area contributed by atoms with Crippen LogP contribution in [0.5, 0.6) is 0 Å². The van der Waals surface area contributed by atoms with Gasteiger partial charge in [-0.15, -0.1) is 0 Å². The van der Waals surface area contributed by atoms with Crippen molar-refractivity contribution in [1.82, 2.24) is 4.98 Å². The first-order valence-electron chi connectivity index (χ1n) is 7.77. The van der Waals surface area contributed by atoms with Crippen LogP contribution >= 0.6 is 0 Å². The summed E-state index contributed by atoms with van der Waals surface area (Å²) in [4.78, 5) is 16.0. The number of carbonyl (C=O) groups is 1. The molecule has 0 unspecified atom stereocenters. The van der Waals surface area contributed by atoms with E-state index in [-0.39, 0.29) is 0 Å². The zero-order chi connectivity index (χ0) is 17.3. The summed E-state index contributed by atoms with van der Waals surface area (Å²) in [7, 11) is 0. The highest BCUT2D eigenvalue weighted by molar-refractivity contribution is 5.90. The lowest BCUT2D eigenvalue weighted by atomic mass is 10.1. The van der Waals surface area contributed by atoms with Gasteiger partial charge in [0, 0.05) is 12.4 Å². The summed E-state index contributed by atoms with van der Waals surface area (Å²) in [5.74, 6) is 2.37. The lowest BCUT2D eigenvalue weighted by Crippen LogP contribution is -2.00. The van der Waals surface area contributed by atoms with E-state index in [1.807, 2.05) is 54.6 Å². The molecule has 0 spiro atoms. The Balaban J connectivity index is 1.74. The van der Waals surface area contributed by atoms with Gasteiger partial charge in [-0.3, -0.25) is 4.98 Å². The Labute approximate surface area is 146 Å². The van der Waals surface area contributed by atoms with E-state index in [4.69, 9.17) is 4.74 Å². The summed E-state index contributed by atoms with van der Waals surface area (Å²) in [5.41, 5.74) is 3.15. The van der Waals surface area contributed by atoms with E-state index < -0.39 is 5.97 Å². The van der Waals surface area contributed by atoms with Crippen molar-refractivity contribution < 1.29 is 9.53 Å². The molecule has 0 fully saturated rings. The number of carbonyl (C=O) groups excluding carboxylic acids is 1. The van der Waals surface area contributed by atoms with Gasteiger partial charge >= 0.3 is 5.97 Å². The third-order valence-corrected chi connectivity index (χ3v) is 3.45. The van der Waals surface area contributed by atoms with Crippen molar-refractivity contribution >= 4 is 18.1 Å². The topological polar surface area (TPSA) is 39.2 Å². The number of rotatable bonds is 3. The first-order valence-corrected chi connectivity index (χ1v) is 7.77. The van der Waals surface area contributed by atoms with Gasteiger partial charge in [0.2, 0.25) is 0 Å². The standard InChI is InChI=1S/C22H15NO2/c24-22(20-9-5-2-6-10-20)25-16-14-21-17-23-15-13-19(21)12-11-18-7-3-1-4-8-18/h1-13,15,17H. The van der Waals surface area contributed by atoms with Gasteiger partial charge in [0.25, 0.3) is 0 Å². The lowest BCUT2D eigenvalue weighted by molar-refractivity contribution is 0.0690. The number of esters is 1. The molecule has 3 heteroatoms. The van der Waals surface area contributed by atoms with Crippen molar-refractivity contribution in [3.05, 3.63) is 101 Å². The minimum Gasteiger partial charge on any atom is -0.368 e. The Morgan fingerprint density at radius 3 is 2.40 bits per heavy atom. The maximum atomic E-state index is 11.9. The molecule has 3 rings (SSSR count). The summed E-state index contributed by atoms with van der Waals surface area (Å²) in [5, 5.41) is 0. The predicted octanol–water partition coefficient (Wildman–Crippen LogP) is 4.42. The summed E-state index contributed by atoms with van der Waals surface area (Å²) < 4.78 is 5.00. The molecule has 0 bridgehead atoms. The van der Waals surface area contributed by atoms with Crippen LogP contribution in [0.1, 0.15) is 27.0 Å². The van der Waals surface area contributed by atoms with Gasteiger partial charge in [-0.1, -0.05) is 60.7 Å². The number of ether oxygens (including phenoxy) is 1. The Bertz CT molecular complexity index is 936. The van der Waals surface area contributed by atoms with Crippen LogP contribution in [0.15, 0.2) is 79.1 Å². The Hall–Kier alpha value is -3.64. The Morgan fingerprint density at radius 1 is 0.920 bits per heavy atom. The molecule has 0 N–H and O–H groups in total. The predicted molar refractivity (Wildman–Crippen MR) is 98.3 cm³/mol. The van der Waals surface area contributed by atoms with Crippen LogP contribution in [-0.4, -0.2) is 11.0 Å². The zero-order valence-corrected chi connectivity index (χ0v) is 13.4. The number of aromatic nitrogens is 1. The third kappa shape index (κ3) is 4.66. The second-order valence-electron chi connectivity index (χ2n) is 5.19. The Kier molecular flexibility index (Phi) is 5.37. The molecule has 120 valence electrons. The summed E-state index contributed by atoms with van der Waals surface area (Å²) in [6, 6.07) is 20.6. The molecular formula is C22H15NO2. The molecule has 1 aromatic heterocycles. The van der Waals surface area contributed by atoms with E-state index in [0.717, 1.165) is 11.1 Å². The third-order valence-electron chi connectivity index (χ3n) is 3.45. The number of pyridine rings is 1. The minimum atomic E-state index is -0.474. The number of benzene rings is 2. The molecule has 0 amide bonds. The van der Waals surface area contributed by atoms with E-state index in [9.17, 15) is 4.79 Å². The highest BCUT2D eigenvalue weighted by atomic mass is 16.5. The zero-order valence-electron chi connectivity index (χ0n) is 13.4. The molecule has 3 nitrogen and oxygen atoms in total. The molecule has 0 saturated carbocycles. The van der Waals surface area contributed by atoms with Gasteiger partial charge in [0.1, 0.15) is 6.11 Å². The van der Waals surface area contributed by atoms with Crippen molar-refractivity contribution in [3.8, 4) is 12.0 Å². The van der Waals surface area contributed by atoms with Crippen molar-refractivity contribution in [2.24, 2.45) is 0 Å². The van der Waals surface area contributed by atoms with Crippen molar-refractivity contribution in [2.45, 2.75) is 0 Å². The molecule has 0 aliphatic rings. The first kappa shape index (κ1) is 16.2. The summed E-state index contributed by atoms with van der Waals surface area (Å²) >= 11 is 0. The van der Waals surface area contributed by atoms with E-state index in [1.54, 1.807) is 36.7 Å². The fraction of sp³-hybridized carbons (Fsp3) is 0. The fourth-order valence-electron chi connectivity index (χ4n) is 2.17. The normalized spacial score (nSPS) is 10.1. The van der Waals surface area contributed by atoms with Crippen molar-refractivity contribution in [1.29, 1.82) is 0 Å². The SMILES string of the molecule is O=C(OC#Cc1cnccc1C=Cc1ccccc1)c1ccccc1. The Morgan fingerprint density at radius 2 is 1.64 bits per heavy atom. The van der Waals surface area contributed by atoms with Crippen LogP contribution < -0.4 is 0 Å². The lowest BCUT2D eigenvalue weighted by Gasteiger charge is -1.98. The average molecular weight is 325 g/mol. The van der Waals surface area contributed by atoms with Gasteiger partial charge in [-0.05, 0) is 35.2 Å². The second kappa shape index (κ2) is 8.28. The molecule has 25 heavy (non-hydrogen) atoms. The number of nitrogens with zero attached hydrogens (tertiary/aromatic N) is 1. The van der Waals surface area contributed by atoms with Gasteiger partial charge < -0.3 is 4.74 Å². The quantitative estimate of drug-likeness (QED) is 0.528. The molecule has 0 aliphatic carbocycles. The molecule has 0 atom stereocenters. The van der Waals surface area contributed by atoms with Gasteiger partial charge in [-0.25, -0.2) is 4.79 Å².